The highest BCUT2D eigenvalue weighted by Gasteiger charge is 2.32. The van der Waals surface area contributed by atoms with Gasteiger partial charge in [-0.25, -0.2) is 0 Å². The van der Waals surface area contributed by atoms with E-state index in [0.29, 0.717) is 5.92 Å². The van der Waals surface area contributed by atoms with Gasteiger partial charge in [-0.1, -0.05) is 32.6 Å². The fourth-order valence-electron chi connectivity index (χ4n) is 3.93. The van der Waals surface area contributed by atoms with Gasteiger partial charge in [0.2, 0.25) is 0 Å². The molecule has 0 aromatic carbocycles. The largest absolute Gasteiger partial charge is 0.106 e. The Kier molecular flexibility index (Phi) is 4.55. The fraction of sp³-hybridized carbons (Fsp3) is 0.882. The van der Waals surface area contributed by atoms with E-state index in [9.17, 15) is 0 Å². The van der Waals surface area contributed by atoms with Crippen molar-refractivity contribution < 1.29 is 0 Å². The molecule has 0 aromatic heterocycles. The van der Waals surface area contributed by atoms with E-state index < -0.39 is 0 Å². The quantitative estimate of drug-likeness (QED) is 0.565. The van der Waals surface area contributed by atoms with Gasteiger partial charge in [-0.3, -0.25) is 0 Å². The van der Waals surface area contributed by atoms with Crippen molar-refractivity contribution in [3.63, 3.8) is 0 Å². The van der Waals surface area contributed by atoms with E-state index in [2.05, 4.69) is 25.7 Å². The van der Waals surface area contributed by atoms with Crippen LogP contribution in [-0.2, 0) is 0 Å². The average molecular weight is 232 g/mol. The number of hydrogen-bond acceptors (Lipinski definition) is 0. The van der Waals surface area contributed by atoms with Crippen LogP contribution in [0.1, 0.15) is 65.7 Å². The summed E-state index contributed by atoms with van der Waals surface area (Å²) in [6.45, 7) is 6.82. The van der Waals surface area contributed by atoms with E-state index in [1.807, 2.05) is 6.92 Å². The molecule has 0 heterocycles. The van der Waals surface area contributed by atoms with Crippen molar-refractivity contribution in [1.82, 2.24) is 0 Å². The molecule has 96 valence electrons. The molecule has 17 heavy (non-hydrogen) atoms. The van der Waals surface area contributed by atoms with Crippen molar-refractivity contribution in [2.45, 2.75) is 65.7 Å². The predicted molar refractivity (Wildman–Crippen MR) is 74.6 cm³/mol. The second-order valence-corrected chi connectivity index (χ2v) is 6.57. The van der Waals surface area contributed by atoms with Crippen molar-refractivity contribution in [3.05, 3.63) is 0 Å². The lowest BCUT2D eigenvalue weighted by molar-refractivity contribution is 0.133. The Morgan fingerprint density at radius 2 is 1.47 bits per heavy atom. The van der Waals surface area contributed by atoms with Crippen LogP contribution in [0.2, 0.25) is 0 Å². The third-order valence-electron chi connectivity index (χ3n) is 5.29. The second-order valence-electron chi connectivity index (χ2n) is 6.57. The Balaban J connectivity index is 1.91. The van der Waals surface area contributed by atoms with Crippen LogP contribution in [0, 0.1) is 41.4 Å². The van der Waals surface area contributed by atoms with E-state index in [4.69, 9.17) is 0 Å². The van der Waals surface area contributed by atoms with Crippen molar-refractivity contribution in [3.8, 4) is 11.8 Å². The summed E-state index contributed by atoms with van der Waals surface area (Å²) in [5, 5.41) is 0. The van der Waals surface area contributed by atoms with Crippen LogP contribution >= 0.6 is 0 Å². The van der Waals surface area contributed by atoms with E-state index in [0.717, 1.165) is 23.7 Å². The SMILES string of the molecule is CC#CC1C[C@@H](C2CCC(C)CC2)CC[C@H]1C. The van der Waals surface area contributed by atoms with Gasteiger partial charge in [-0.2, -0.15) is 0 Å². The average Bonchev–Trinajstić information content (AvgIpc) is 2.33. The molecule has 0 nitrogen and oxygen atoms in total. The Labute approximate surface area is 108 Å². The molecule has 1 unspecified atom stereocenters. The summed E-state index contributed by atoms with van der Waals surface area (Å²) in [6, 6.07) is 0. The molecule has 2 fully saturated rings. The first-order chi connectivity index (χ1) is 8.20. The first kappa shape index (κ1) is 13.0. The molecular weight excluding hydrogens is 204 g/mol. The van der Waals surface area contributed by atoms with Crippen LogP contribution in [0.4, 0.5) is 0 Å². The molecule has 0 aliphatic heterocycles. The van der Waals surface area contributed by atoms with Gasteiger partial charge in [0.15, 0.2) is 0 Å². The lowest BCUT2D eigenvalue weighted by Crippen LogP contribution is -2.29. The van der Waals surface area contributed by atoms with Crippen LogP contribution in [0.5, 0.6) is 0 Å². The van der Waals surface area contributed by atoms with Gasteiger partial charge in [0.05, 0.1) is 0 Å². The first-order valence-corrected chi connectivity index (χ1v) is 7.63. The van der Waals surface area contributed by atoms with Crippen molar-refractivity contribution >= 4 is 0 Å². The summed E-state index contributed by atoms with van der Waals surface area (Å²) in [5.41, 5.74) is 0. The lowest BCUT2D eigenvalue weighted by atomic mass is 9.66. The summed E-state index contributed by atoms with van der Waals surface area (Å²) in [4.78, 5) is 0. The lowest BCUT2D eigenvalue weighted by Gasteiger charge is -2.39. The zero-order valence-electron chi connectivity index (χ0n) is 11.8. The first-order valence-electron chi connectivity index (χ1n) is 7.63. The molecule has 0 bridgehead atoms. The van der Waals surface area contributed by atoms with Gasteiger partial charge in [0.1, 0.15) is 0 Å². The van der Waals surface area contributed by atoms with E-state index >= 15 is 0 Å². The smallest absolute Gasteiger partial charge is 0.0231 e. The van der Waals surface area contributed by atoms with Crippen LogP contribution in [0.3, 0.4) is 0 Å². The number of rotatable bonds is 1. The third-order valence-corrected chi connectivity index (χ3v) is 5.29. The molecule has 2 aliphatic carbocycles. The van der Waals surface area contributed by atoms with E-state index in [1.165, 1.54) is 44.9 Å². The van der Waals surface area contributed by atoms with Gasteiger partial charge in [-0.15, -0.1) is 5.92 Å². The predicted octanol–water partition coefficient (Wildman–Crippen LogP) is 4.89. The second kappa shape index (κ2) is 5.94. The highest BCUT2D eigenvalue weighted by Crippen LogP contribution is 2.43. The van der Waals surface area contributed by atoms with Gasteiger partial charge in [0, 0.05) is 5.92 Å². The molecule has 0 amide bonds. The van der Waals surface area contributed by atoms with Crippen LogP contribution < -0.4 is 0 Å². The molecular formula is C17H28. The standard InChI is InChI=1S/C17H28/c1-4-5-16-12-17(11-8-14(16)3)15-9-6-13(2)7-10-15/h13-17H,6-12H2,1-3H3/t13?,14-,15?,16?,17+/m1/s1. The molecule has 2 aliphatic rings. The monoisotopic (exact) mass is 232 g/mol. The minimum atomic E-state index is 0.693. The van der Waals surface area contributed by atoms with Crippen LogP contribution in [0.25, 0.3) is 0 Å². The van der Waals surface area contributed by atoms with Crippen molar-refractivity contribution in [1.29, 1.82) is 0 Å². The molecule has 0 N–H and O–H groups in total. The maximum atomic E-state index is 3.46. The Bertz CT molecular complexity index is 285. The fourth-order valence-corrected chi connectivity index (χ4v) is 3.93. The molecule has 0 spiro atoms. The van der Waals surface area contributed by atoms with E-state index in [1.54, 1.807) is 0 Å². The molecule has 2 saturated carbocycles. The highest BCUT2D eigenvalue weighted by atomic mass is 14.4. The molecule has 0 saturated heterocycles. The van der Waals surface area contributed by atoms with Gasteiger partial charge in [-0.05, 0) is 62.7 Å². The van der Waals surface area contributed by atoms with Crippen LogP contribution in [-0.4, -0.2) is 0 Å². The Morgan fingerprint density at radius 1 is 0.824 bits per heavy atom. The summed E-state index contributed by atoms with van der Waals surface area (Å²) >= 11 is 0. The summed E-state index contributed by atoms with van der Waals surface area (Å²) in [5.74, 6) is 11.1. The van der Waals surface area contributed by atoms with Crippen molar-refractivity contribution in [2.75, 3.05) is 0 Å². The van der Waals surface area contributed by atoms with Crippen LogP contribution in [0.15, 0.2) is 0 Å². The molecule has 0 radical (unpaired) electrons. The normalized spacial score (nSPS) is 42.6. The molecule has 3 atom stereocenters. The maximum absolute atomic E-state index is 3.46. The van der Waals surface area contributed by atoms with E-state index in [-0.39, 0.29) is 0 Å². The van der Waals surface area contributed by atoms with Gasteiger partial charge < -0.3 is 0 Å². The zero-order chi connectivity index (χ0) is 12.3. The van der Waals surface area contributed by atoms with Gasteiger partial charge in [0.25, 0.3) is 0 Å². The number of hydrogen-bond donors (Lipinski definition) is 0. The van der Waals surface area contributed by atoms with Crippen molar-refractivity contribution in [2.24, 2.45) is 29.6 Å². The highest BCUT2D eigenvalue weighted by molar-refractivity contribution is 5.05. The minimum absolute atomic E-state index is 0.693. The Morgan fingerprint density at radius 3 is 2.12 bits per heavy atom. The molecule has 0 heteroatoms. The topological polar surface area (TPSA) is 0 Å². The zero-order valence-corrected chi connectivity index (χ0v) is 11.8. The minimum Gasteiger partial charge on any atom is -0.106 e. The Hall–Kier alpha value is -0.440. The molecule has 2 rings (SSSR count). The molecule has 0 aromatic rings. The summed E-state index contributed by atoms with van der Waals surface area (Å²) in [7, 11) is 0. The summed E-state index contributed by atoms with van der Waals surface area (Å²) in [6.07, 6.45) is 10.2. The summed E-state index contributed by atoms with van der Waals surface area (Å²) < 4.78 is 0. The van der Waals surface area contributed by atoms with Gasteiger partial charge >= 0.3 is 0 Å². The third kappa shape index (κ3) is 3.27. The maximum Gasteiger partial charge on any atom is 0.0231 e.